The Morgan fingerprint density at radius 3 is 2.20 bits per heavy atom. The summed E-state index contributed by atoms with van der Waals surface area (Å²) in [6.07, 6.45) is 0.262. The third kappa shape index (κ3) is 17.3. The molecule has 0 heterocycles. The van der Waals surface area contributed by atoms with E-state index in [1.54, 1.807) is 14.2 Å². The number of rotatable bonds is 9. The van der Waals surface area contributed by atoms with E-state index >= 15 is 0 Å². The van der Waals surface area contributed by atoms with Crippen LogP contribution in [0.25, 0.3) is 0 Å². The minimum Gasteiger partial charge on any atom is -0.444 e. The predicted octanol–water partition coefficient (Wildman–Crippen LogP) is 0.447. The fraction of sp³-hybridized carbons (Fsp3) is 0.800. The van der Waals surface area contributed by atoms with E-state index < -0.39 is 11.7 Å². The number of aliphatic imine (C=N–C) groups is 1. The van der Waals surface area contributed by atoms with Crippen molar-refractivity contribution in [2.24, 2.45) is 4.99 Å². The number of carbonyl (C=O) groups is 2. The maximum Gasteiger partial charge on any atom is 0.407 e. The van der Waals surface area contributed by atoms with Gasteiger partial charge in [0.25, 0.3) is 0 Å². The third-order valence-electron chi connectivity index (χ3n) is 2.58. The second-order valence-electron chi connectivity index (χ2n) is 5.98. The molecule has 0 aromatic heterocycles. The van der Waals surface area contributed by atoms with Gasteiger partial charge >= 0.3 is 6.09 Å². The van der Waals surface area contributed by atoms with Gasteiger partial charge in [-0.15, -0.1) is 24.0 Å². The summed E-state index contributed by atoms with van der Waals surface area (Å²) in [6.45, 7) is 7.60. The molecule has 0 saturated carbocycles. The van der Waals surface area contributed by atoms with Gasteiger partial charge in [-0.1, -0.05) is 0 Å². The predicted molar refractivity (Wildman–Crippen MR) is 109 cm³/mol. The molecule has 10 heteroatoms. The largest absolute Gasteiger partial charge is 0.444 e. The van der Waals surface area contributed by atoms with Crippen LogP contribution in [0.1, 0.15) is 27.2 Å². The SMILES string of the molecule is CN=C(NCCCNC(=O)OC(C)(C)C)NCC(=O)NCCOC.I. The van der Waals surface area contributed by atoms with E-state index in [1.807, 2.05) is 20.8 Å². The number of nitrogens with one attached hydrogen (secondary N) is 4. The molecule has 0 aliphatic carbocycles. The van der Waals surface area contributed by atoms with E-state index in [4.69, 9.17) is 9.47 Å². The van der Waals surface area contributed by atoms with Crippen molar-refractivity contribution in [2.45, 2.75) is 32.8 Å². The van der Waals surface area contributed by atoms with Crippen LogP contribution in [-0.4, -0.2) is 70.5 Å². The van der Waals surface area contributed by atoms with Gasteiger partial charge in [0.15, 0.2) is 5.96 Å². The van der Waals surface area contributed by atoms with E-state index in [9.17, 15) is 9.59 Å². The first-order valence-corrected chi connectivity index (χ1v) is 7.95. The second kappa shape index (κ2) is 15.0. The van der Waals surface area contributed by atoms with Crippen LogP contribution in [0, 0.1) is 0 Å². The van der Waals surface area contributed by atoms with Crippen LogP contribution in [0.5, 0.6) is 0 Å². The van der Waals surface area contributed by atoms with Crippen LogP contribution < -0.4 is 21.3 Å². The van der Waals surface area contributed by atoms with Crippen LogP contribution in [0.15, 0.2) is 4.99 Å². The highest BCUT2D eigenvalue weighted by Crippen LogP contribution is 2.06. The number of hydrogen-bond donors (Lipinski definition) is 4. The van der Waals surface area contributed by atoms with Crippen molar-refractivity contribution in [1.82, 2.24) is 21.3 Å². The summed E-state index contributed by atoms with van der Waals surface area (Å²) in [5.41, 5.74) is -0.502. The van der Waals surface area contributed by atoms with Gasteiger partial charge in [-0.05, 0) is 27.2 Å². The average Bonchev–Trinajstić information content (AvgIpc) is 2.48. The lowest BCUT2D eigenvalue weighted by atomic mass is 10.2. The fourth-order valence-electron chi connectivity index (χ4n) is 1.54. The first kappa shape index (κ1) is 25.9. The zero-order valence-electron chi connectivity index (χ0n) is 15.7. The molecule has 0 spiro atoms. The van der Waals surface area contributed by atoms with Gasteiger partial charge in [0, 0.05) is 33.8 Å². The average molecular weight is 473 g/mol. The maximum atomic E-state index is 11.5. The molecule has 0 rings (SSSR count). The van der Waals surface area contributed by atoms with Crippen molar-refractivity contribution < 1.29 is 19.1 Å². The molecule has 0 aliphatic heterocycles. The highest BCUT2D eigenvalue weighted by molar-refractivity contribution is 14.0. The fourth-order valence-corrected chi connectivity index (χ4v) is 1.54. The summed E-state index contributed by atoms with van der Waals surface area (Å²) in [7, 11) is 3.20. The van der Waals surface area contributed by atoms with Crippen molar-refractivity contribution in [3.8, 4) is 0 Å². The normalized spacial score (nSPS) is 11.2. The van der Waals surface area contributed by atoms with Crippen LogP contribution in [0.2, 0.25) is 0 Å². The number of halogens is 1. The molecule has 148 valence electrons. The Kier molecular flexibility index (Phi) is 15.6. The molecule has 0 fully saturated rings. The summed E-state index contributed by atoms with van der Waals surface area (Å²) in [4.78, 5) is 27.0. The summed E-state index contributed by atoms with van der Waals surface area (Å²) in [5.74, 6) is 0.385. The van der Waals surface area contributed by atoms with Crippen LogP contribution in [-0.2, 0) is 14.3 Å². The summed E-state index contributed by atoms with van der Waals surface area (Å²) >= 11 is 0. The number of hydrogen-bond acceptors (Lipinski definition) is 5. The quantitative estimate of drug-likeness (QED) is 0.167. The molecule has 0 bridgehead atoms. The lowest BCUT2D eigenvalue weighted by Gasteiger charge is -2.19. The third-order valence-corrected chi connectivity index (χ3v) is 2.58. The maximum absolute atomic E-state index is 11.5. The molecule has 9 nitrogen and oxygen atoms in total. The van der Waals surface area contributed by atoms with Crippen LogP contribution in [0.3, 0.4) is 0 Å². The van der Waals surface area contributed by atoms with Gasteiger partial charge < -0.3 is 30.7 Å². The minimum atomic E-state index is -0.502. The summed E-state index contributed by atoms with van der Waals surface area (Å²) in [6, 6.07) is 0. The molecule has 0 aromatic carbocycles. The second-order valence-corrected chi connectivity index (χ2v) is 5.98. The Morgan fingerprint density at radius 1 is 1.00 bits per heavy atom. The lowest BCUT2D eigenvalue weighted by Crippen LogP contribution is -2.44. The Labute approximate surface area is 167 Å². The number of ether oxygens (including phenoxy) is 2. The molecule has 2 amide bonds. The van der Waals surface area contributed by atoms with Gasteiger partial charge in [-0.3, -0.25) is 9.79 Å². The number of methoxy groups -OCH3 is 1. The molecular weight excluding hydrogens is 441 g/mol. The van der Waals surface area contributed by atoms with Crippen molar-refractivity contribution in [2.75, 3.05) is 46.9 Å². The van der Waals surface area contributed by atoms with E-state index in [1.165, 1.54) is 0 Å². The van der Waals surface area contributed by atoms with Crippen LogP contribution >= 0.6 is 24.0 Å². The van der Waals surface area contributed by atoms with E-state index in [2.05, 4.69) is 26.3 Å². The van der Waals surface area contributed by atoms with E-state index in [0.29, 0.717) is 38.6 Å². The topological polar surface area (TPSA) is 113 Å². The molecule has 0 saturated heterocycles. The number of nitrogens with zero attached hydrogens (tertiary/aromatic N) is 1. The number of carbonyl (C=O) groups excluding carboxylic acids is 2. The van der Waals surface area contributed by atoms with Crippen molar-refractivity contribution in [3.05, 3.63) is 0 Å². The number of alkyl carbamates (subject to hydrolysis) is 1. The lowest BCUT2D eigenvalue weighted by molar-refractivity contribution is -0.120. The van der Waals surface area contributed by atoms with Crippen molar-refractivity contribution >= 4 is 41.9 Å². The monoisotopic (exact) mass is 473 g/mol. The molecule has 0 unspecified atom stereocenters. The highest BCUT2D eigenvalue weighted by atomic mass is 127. The molecule has 0 aromatic rings. The summed E-state index contributed by atoms with van der Waals surface area (Å²) in [5, 5.41) is 11.3. The molecule has 0 radical (unpaired) electrons. The summed E-state index contributed by atoms with van der Waals surface area (Å²) < 4.78 is 9.98. The number of guanidine groups is 1. The Balaban J connectivity index is 0. The van der Waals surface area contributed by atoms with Gasteiger partial charge in [-0.2, -0.15) is 0 Å². The first-order valence-electron chi connectivity index (χ1n) is 7.95. The van der Waals surface area contributed by atoms with Gasteiger partial charge in [-0.25, -0.2) is 4.79 Å². The first-order chi connectivity index (χ1) is 11.3. The minimum absolute atomic E-state index is 0. The van der Waals surface area contributed by atoms with Gasteiger partial charge in [0.2, 0.25) is 5.91 Å². The zero-order valence-corrected chi connectivity index (χ0v) is 18.1. The Hall–Kier alpha value is -1.30. The smallest absolute Gasteiger partial charge is 0.407 e. The van der Waals surface area contributed by atoms with Gasteiger partial charge in [0.05, 0.1) is 13.2 Å². The Bertz CT molecular complexity index is 413. The molecular formula is C15H32IN5O4. The van der Waals surface area contributed by atoms with E-state index in [-0.39, 0.29) is 36.4 Å². The standard InChI is InChI=1S/C15H31N5O4.HI/c1-15(2,3)24-14(22)19-8-6-7-18-13(16-4)20-11-12(21)17-9-10-23-5;/h6-11H2,1-5H3,(H,17,21)(H,19,22)(H2,16,18,20);1H. The molecule has 0 aliphatic rings. The highest BCUT2D eigenvalue weighted by Gasteiger charge is 2.15. The molecule has 25 heavy (non-hydrogen) atoms. The molecule has 0 atom stereocenters. The number of amides is 2. The van der Waals surface area contributed by atoms with Crippen molar-refractivity contribution in [1.29, 1.82) is 0 Å². The Morgan fingerprint density at radius 2 is 1.64 bits per heavy atom. The van der Waals surface area contributed by atoms with Crippen molar-refractivity contribution in [3.63, 3.8) is 0 Å². The van der Waals surface area contributed by atoms with E-state index in [0.717, 1.165) is 0 Å². The van der Waals surface area contributed by atoms with Gasteiger partial charge in [0.1, 0.15) is 5.60 Å². The van der Waals surface area contributed by atoms with Crippen LogP contribution in [0.4, 0.5) is 4.79 Å². The molecule has 4 N–H and O–H groups in total. The zero-order chi connectivity index (χ0) is 18.4.